The Kier molecular flexibility index (Phi) is 9.11. The Bertz CT molecular complexity index is 756. The van der Waals surface area contributed by atoms with Crippen molar-refractivity contribution in [2.75, 3.05) is 13.1 Å². The van der Waals surface area contributed by atoms with Gasteiger partial charge in [-0.25, -0.2) is 8.78 Å². The van der Waals surface area contributed by atoms with E-state index in [0.29, 0.717) is 36.7 Å². The van der Waals surface area contributed by atoms with Crippen LogP contribution in [0.4, 0.5) is 8.78 Å². The van der Waals surface area contributed by atoms with Crippen LogP contribution in [0.3, 0.4) is 0 Å². The lowest BCUT2D eigenvalue weighted by Crippen LogP contribution is -2.39. The van der Waals surface area contributed by atoms with Crippen molar-refractivity contribution in [3.63, 3.8) is 0 Å². The summed E-state index contributed by atoms with van der Waals surface area (Å²) in [5.74, 6) is 0.654. The van der Waals surface area contributed by atoms with Crippen LogP contribution in [-0.2, 0) is 0 Å². The van der Waals surface area contributed by atoms with Gasteiger partial charge in [-0.3, -0.25) is 0 Å². The lowest BCUT2D eigenvalue weighted by molar-refractivity contribution is 0.107. The van der Waals surface area contributed by atoms with Gasteiger partial charge in [0.1, 0.15) is 11.6 Å². The number of allylic oxidation sites excluding steroid dienone is 3. The molecule has 0 radical (unpaired) electrons. The molecule has 1 fully saturated rings. The van der Waals surface area contributed by atoms with Crippen LogP contribution in [0, 0.1) is 23.7 Å². The van der Waals surface area contributed by atoms with Crippen LogP contribution >= 0.6 is 0 Å². The molecule has 1 saturated heterocycles. The highest BCUT2D eigenvalue weighted by Gasteiger charge is 2.33. The van der Waals surface area contributed by atoms with E-state index in [2.05, 4.69) is 25.3 Å². The molecule has 0 aromatic heterocycles. The van der Waals surface area contributed by atoms with Gasteiger partial charge in [-0.2, -0.15) is 0 Å². The number of nitrogens with zero attached hydrogens (tertiary/aromatic N) is 1. The normalized spacial score (nSPS) is 24.3. The number of benzene rings is 1. The van der Waals surface area contributed by atoms with Crippen molar-refractivity contribution in [2.24, 2.45) is 23.7 Å². The monoisotopic (exact) mass is 435 g/mol. The molecule has 31 heavy (non-hydrogen) atoms. The summed E-state index contributed by atoms with van der Waals surface area (Å²) in [5.41, 5.74) is 1.76. The fourth-order valence-electron chi connectivity index (χ4n) is 5.05. The lowest BCUT2D eigenvalue weighted by Gasteiger charge is -2.41. The number of rotatable bonds is 7. The standard InChI is InChI=1S/C25H35F2NO2.CH4/c1-16(2)22(15-25(30)20-5-4-6-21(29)13-20)17(3)28-11-9-18(10-12-28)19-7-8-23(26)24(27)14-19;/h4-6,8,13,16,18-19,22,24-25,29-30H,3,7,9-12,14-15H2,1-2H3;1H4/t19?,22-,24+,25?;/m1./s1. The van der Waals surface area contributed by atoms with Gasteiger partial charge < -0.3 is 15.1 Å². The maximum atomic E-state index is 13.8. The first kappa shape index (κ1) is 25.4. The zero-order valence-corrected chi connectivity index (χ0v) is 18.1. The zero-order valence-electron chi connectivity index (χ0n) is 18.1. The third kappa shape index (κ3) is 6.31. The van der Waals surface area contributed by atoms with E-state index in [9.17, 15) is 19.0 Å². The molecule has 1 aliphatic heterocycles. The predicted molar refractivity (Wildman–Crippen MR) is 123 cm³/mol. The highest BCUT2D eigenvalue weighted by molar-refractivity contribution is 5.28. The molecule has 2 unspecified atom stereocenters. The third-order valence-corrected chi connectivity index (χ3v) is 7.00. The number of phenols is 1. The smallest absolute Gasteiger partial charge is 0.151 e. The van der Waals surface area contributed by atoms with E-state index in [1.54, 1.807) is 18.2 Å². The predicted octanol–water partition coefficient (Wildman–Crippen LogP) is 6.55. The molecule has 174 valence electrons. The number of aromatic hydroxyl groups is 1. The van der Waals surface area contributed by atoms with Gasteiger partial charge in [0.25, 0.3) is 0 Å². The van der Waals surface area contributed by atoms with E-state index >= 15 is 0 Å². The Morgan fingerprint density at radius 1 is 1.23 bits per heavy atom. The highest BCUT2D eigenvalue weighted by Crippen LogP contribution is 2.39. The highest BCUT2D eigenvalue weighted by atomic mass is 19.2. The van der Waals surface area contributed by atoms with Gasteiger partial charge in [0, 0.05) is 24.7 Å². The van der Waals surface area contributed by atoms with Crippen molar-refractivity contribution >= 4 is 0 Å². The van der Waals surface area contributed by atoms with Gasteiger partial charge >= 0.3 is 0 Å². The topological polar surface area (TPSA) is 43.7 Å². The number of halogens is 2. The van der Waals surface area contributed by atoms with Crippen molar-refractivity contribution in [3.05, 3.63) is 54.0 Å². The Balaban J connectivity index is 0.00000341. The van der Waals surface area contributed by atoms with Crippen molar-refractivity contribution < 1.29 is 19.0 Å². The number of phenolic OH excluding ortho intramolecular Hbond substituents is 1. The molecule has 0 bridgehead atoms. The summed E-state index contributed by atoms with van der Waals surface area (Å²) in [6, 6.07) is 6.78. The van der Waals surface area contributed by atoms with Crippen molar-refractivity contribution in [2.45, 2.75) is 65.7 Å². The van der Waals surface area contributed by atoms with E-state index in [4.69, 9.17) is 0 Å². The largest absolute Gasteiger partial charge is 0.508 e. The van der Waals surface area contributed by atoms with Crippen molar-refractivity contribution in [1.82, 2.24) is 4.90 Å². The first-order chi connectivity index (χ1) is 14.3. The van der Waals surface area contributed by atoms with E-state index < -0.39 is 18.1 Å². The van der Waals surface area contributed by atoms with Crippen LogP contribution in [0.1, 0.15) is 65.0 Å². The Hall–Kier alpha value is -1.88. The Morgan fingerprint density at radius 3 is 2.48 bits per heavy atom. The molecule has 0 amide bonds. The average molecular weight is 436 g/mol. The number of hydrogen-bond donors (Lipinski definition) is 2. The molecule has 0 spiro atoms. The molecule has 0 saturated carbocycles. The SMILES string of the molecule is C.C=C([C@H](CC(O)c1cccc(O)c1)C(C)C)N1CCC(C2CC=C(F)[C@@H](F)C2)CC1. The van der Waals surface area contributed by atoms with E-state index in [1.807, 2.05) is 6.07 Å². The molecule has 1 aromatic rings. The maximum absolute atomic E-state index is 13.8. The van der Waals surface area contributed by atoms with E-state index in [1.165, 1.54) is 6.08 Å². The first-order valence-corrected chi connectivity index (χ1v) is 11.2. The fraction of sp³-hybridized carbons (Fsp3) is 0.615. The molecule has 3 rings (SSSR count). The molecule has 1 heterocycles. The minimum Gasteiger partial charge on any atom is -0.508 e. The second-order valence-electron chi connectivity index (χ2n) is 9.30. The number of hydrogen-bond acceptors (Lipinski definition) is 3. The van der Waals surface area contributed by atoms with Gasteiger partial charge in [-0.05, 0) is 73.6 Å². The molecule has 1 aromatic carbocycles. The maximum Gasteiger partial charge on any atom is 0.151 e. The summed E-state index contributed by atoms with van der Waals surface area (Å²) in [5, 5.41) is 20.4. The quantitative estimate of drug-likeness (QED) is 0.510. The van der Waals surface area contributed by atoms with Crippen LogP contribution in [0.25, 0.3) is 0 Å². The van der Waals surface area contributed by atoms with Crippen molar-refractivity contribution in [1.29, 1.82) is 0 Å². The van der Waals surface area contributed by atoms with Crippen LogP contribution in [0.15, 0.2) is 48.4 Å². The van der Waals surface area contributed by atoms with Crippen LogP contribution in [0.5, 0.6) is 5.75 Å². The number of likely N-dealkylation sites (tertiary alicyclic amines) is 1. The van der Waals surface area contributed by atoms with Crippen LogP contribution < -0.4 is 0 Å². The van der Waals surface area contributed by atoms with Gasteiger partial charge in [-0.15, -0.1) is 0 Å². The van der Waals surface area contributed by atoms with Gasteiger partial charge in [0.05, 0.1) is 6.10 Å². The fourth-order valence-corrected chi connectivity index (χ4v) is 5.05. The molecular weight excluding hydrogens is 396 g/mol. The summed E-state index contributed by atoms with van der Waals surface area (Å²) in [4.78, 5) is 2.31. The van der Waals surface area contributed by atoms with Crippen LogP contribution in [-0.4, -0.2) is 34.4 Å². The minimum atomic E-state index is -1.43. The second kappa shape index (κ2) is 11.1. The third-order valence-electron chi connectivity index (χ3n) is 7.00. The molecule has 3 nitrogen and oxygen atoms in total. The number of aliphatic hydroxyl groups excluding tert-OH is 1. The zero-order chi connectivity index (χ0) is 21.8. The van der Waals surface area contributed by atoms with E-state index in [0.717, 1.165) is 31.6 Å². The molecule has 2 aliphatic rings. The van der Waals surface area contributed by atoms with Gasteiger partial charge in [0.2, 0.25) is 0 Å². The van der Waals surface area contributed by atoms with Gasteiger partial charge in [0.15, 0.2) is 6.17 Å². The number of aliphatic hydroxyl groups is 1. The molecule has 5 heteroatoms. The molecule has 4 atom stereocenters. The Labute approximate surface area is 186 Å². The summed E-state index contributed by atoms with van der Waals surface area (Å²) < 4.78 is 27.1. The average Bonchev–Trinajstić information content (AvgIpc) is 2.73. The van der Waals surface area contributed by atoms with E-state index in [-0.39, 0.29) is 25.0 Å². The summed E-state index contributed by atoms with van der Waals surface area (Å²) in [6.45, 7) is 10.4. The summed E-state index contributed by atoms with van der Waals surface area (Å²) in [6.07, 6.45) is 2.77. The van der Waals surface area contributed by atoms with Gasteiger partial charge in [-0.1, -0.05) is 40.0 Å². The summed E-state index contributed by atoms with van der Waals surface area (Å²) >= 11 is 0. The number of alkyl halides is 1. The summed E-state index contributed by atoms with van der Waals surface area (Å²) in [7, 11) is 0. The molecule has 1 aliphatic carbocycles. The molecular formula is C26H39F2NO2. The Morgan fingerprint density at radius 2 is 1.90 bits per heavy atom. The van der Waals surface area contributed by atoms with Crippen LogP contribution in [0.2, 0.25) is 0 Å². The second-order valence-corrected chi connectivity index (χ2v) is 9.30. The van der Waals surface area contributed by atoms with Crippen molar-refractivity contribution in [3.8, 4) is 5.75 Å². The first-order valence-electron chi connectivity index (χ1n) is 11.2. The number of piperidine rings is 1. The lowest BCUT2D eigenvalue weighted by atomic mass is 9.76. The minimum absolute atomic E-state index is 0. The molecule has 2 N–H and O–H groups in total.